The van der Waals surface area contributed by atoms with E-state index in [1.165, 1.54) is 22.2 Å². The normalized spacial score (nSPS) is 12.0. The maximum Gasteiger partial charge on any atom is 0.230 e. The van der Waals surface area contributed by atoms with Gasteiger partial charge in [0, 0.05) is 22.4 Å². The topological polar surface area (TPSA) is 59.8 Å². The Morgan fingerprint density at radius 2 is 2.10 bits per heavy atom. The lowest BCUT2D eigenvalue weighted by Gasteiger charge is -2.14. The minimum absolute atomic E-state index is 0.0262. The molecular formula is C22H26N4OS2. The Kier molecular flexibility index (Phi) is 7.28. The van der Waals surface area contributed by atoms with Crippen LogP contribution >= 0.6 is 23.1 Å². The van der Waals surface area contributed by atoms with Gasteiger partial charge in [0.2, 0.25) is 5.91 Å². The van der Waals surface area contributed by atoms with E-state index in [1.54, 1.807) is 11.3 Å². The molecule has 0 saturated carbocycles. The third kappa shape index (κ3) is 4.97. The van der Waals surface area contributed by atoms with Gasteiger partial charge in [-0.05, 0) is 31.4 Å². The van der Waals surface area contributed by atoms with E-state index in [2.05, 4.69) is 41.3 Å². The van der Waals surface area contributed by atoms with Crippen LogP contribution in [0.15, 0.2) is 53.5 Å². The molecule has 0 saturated heterocycles. The fraction of sp³-hybridized carbons (Fsp3) is 0.318. The first-order valence-electron chi connectivity index (χ1n) is 9.63. The predicted octanol–water partition coefficient (Wildman–Crippen LogP) is 5.03. The summed E-state index contributed by atoms with van der Waals surface area (Å²) in [6.45, 7) is 10.7. The fourth-order valence-corrected chi connectivity index (χ4v) is 4.93. The lowest BCUT2D eigenvalue weighted by atomic mass is 10.1. The van der Waals surface area contributed by atoms with Crippen LogP contribution in [0.4, 0.5) is 0 Å². The van der Waals surface area contributed by atoms with E-state index in [0.29, 0.717) is 6.54 Å². The van der Waals surface area contributed by atoms with Crippen molar-refractivity contribution in [2.24, 2.45) is 0 Å². The van der Waals surface area contributed by atoms with Gasteiger partial charge in [-0.1, -0.05) is 55.1 Å². The number of benzene rings is 1. The van der Waals surface area contributed by atoms with Gasteiger partial charge in [0.25, 0.3) is 0 Å². The Bertz CT molecular complexity index is 978. The molecule has 152 valence electrons. The highest BCUT2D eigenvalue weighted by Gasteiger charge is 2.19. The van der Waals surface area contributed by atoms with Crippen LogP contribution in [0.1, 0.15) is 35.9 Å². The van der Waals surface area contributed by atoms with E-state index >= 15 is 0 Å². The highest BCUT2D eigenvalue weighted by Crippen LogP contribution is 2.32. The molecule has 1 aromatic carbocycles. The lowest BCUT2D eigenvalue weighted by molar-refractivity contribution is -0.119. The summed E-state index contributed by atoms with van der Waals surface area (Å²) in [6.07, 6.45) is 2.78. The Labute approximate surface area is 180 Å². The van der Waals surface area contributed by atoms with Gasteiger partial charge < -0.3 is 5.32 Å². The number of allylic oxidation sites excluding steroid dienone is 1. The number of carbonyl (C=O) groups excluding carboxylic acids is 1. The summed E-state index contributed by atoms with van der Waals surface area (Å²) in [5, 5.41) is 14.7. The van der Waals surface area contributed by atoms with Crippen molar-refractivity contribution in [3.63, 3.8) is 0 Å². The summed E-state index contributed by atoms with van der Waals surface area (Å²) in [6, 6.07) is 9.91. The number of nitrogens with zero attached hydrogens (tertiary/aromatic N) is 3. The number of hydrogen-bond donors (Lipinski definition) is 1. The lowest BCUT2D eigenvalue weighted by Crippen LogP contribution is -2.28. The van der Waals surface area contributed by atoms with Crippen LogP contribution in [0, 0.1) is 6.92 Å². The number of thiophene rings is 1. The van der Waals surface area contributed by atoms with E-state index < -0.39 is 0 Å². The summed E-state index contributed by atoms with van der Waals surface area (Å²) in [5.74, 6) is 1.10. The molecule has 1 atom stereocenters. The molecule has 2 aromatic heterocycles. The van der Waals surface area contributed by atoms with Gasteiger partial charge in [-0.2, -0.15) is 0 Å². The second kappa shape index (κ2) is 9.89. The molecule has 5 nitrogen and oxygen atoms in total. The molecule has 3 rings (SSSR count). The van der Waals surface area contributed by atoms with Crippen molar-refractivity contribution in [1.82, 2.24) is 20.1 Å². The van der Waals surface area contributed by atoms with Crippen LogP contribution in [-0.4, -0.2) is 26.4 Å². The summed E-state index contributed by atoms with van der Waals surface area (Å²) in [7, 11) is 0. The molecule has 3 aromatic rings. The Morgan fingerprint density at radius 3 is 2.79 bits per heavy atom. The third-order valence-electron chi connectivity index (χ3n) is 4.74. The zero-order valence-corrected chi connectivity index (χ0v) is 18.6. The molecule has 1 N–H and O–H groups in total. The van der Waals surface area contributed by atoms with Gasteiger partial charge in [-0.3, -0.25) is 9.36 Å². The average molecular weight is 427 g/mol. The van der Waals surface area contributed by atoms with Crippen molar-refractivity contribution in [3.05, 3.63) is 64.4 Å². The third-order valence-corrected chi connectivity index (χ3v) is 6.66. The molecule has 1 amide bonds. The standard InChI is InChI=1S/C22H26N4OS2/c1-5-12-26-21(19-13-28-16(4)18(19)6-2)24-25-22(26)29-14-20(27)23-15(3)17-10-8-7-9-11-17/h5,7-11,13,15H,1,6,12,14H2,2-4H3,(H,23,27)/t15-/m1/s1. The number of thioether (sulfide) groups is 1. The summed E-state index contributed by atoms with van der Waals surface area (Å²) < 4.78 is 2.03. The minimum Gasteiger partial charge on any atom is -0.349 e. The molecule has 0 fully saturated rings. The van der Waals surface area contributed by atoms with E-state index in [0.717, 1.165) is 28.5 Å². The summed E-state index contributed by atoms with van der Waals surface area (Å²) in [4.78, 5) is 13.7. The van der Waals surface area contributed by atoms with Crippen LogP contribution in [0.2, 0.25) is 0 Å². The smallest absolute Gasteiger partial charge is 0.230 e. The van der Waals surface area contributed by atoms with Crippen LogP contribution < -0.4 is 5.32 Å². The van der Waals surface area contributed by atoms with Gasteiger partial charge in [0.05, 0.1) is 11.8 Å². The first kappa shape index (κ1) is 21.3. The number of hydrogen-bond acceptors (Lipinski definition) is 5. The molecule has 29 heavy (non-hydrogen) atoms. The van der Waals surface area contributed by atoms with Gasteiger partial charge in [0.1, 0.15) is 0 Å². The van der Waals surface area contributed by atoms with Crippen LogP contribution in [0.25, 0.3) is 11.4 Å². The Morgan fingerprint density at radius 1 is 1.34 bits per heavy atom. The first-order valence-corrected chi connectivity index (χ1v) is 11.5. The highest BCUT2D eigenvalue weighted by atomic mass is 32.2. The molecule has 0 aliphatic heterocycles. The monoisotopic (exact) mass is 426 g/mol. The van der Waals surface area contributed by atoms with Gasteiger partial charge in [-0.25, -0.2) is 0 Å². The van der Waals surface area contributed by atoms with Crippen LogP contribution in [0.3, 0.4) is 0 Å². The average Bonchev–Trinajstić information content (AvgIpc) is 3.29. The number of nitrogens with one attached hydrogen (secondary N) is 1. The maximum atomic E-state index is 12.4. The largest absolute Gasteiger partial charge is 0.349 e. The molecule has 0 spiro atoms. The molecule has 0 bridgehead atoms. The second-order valence-corrected chi connectivity index (χ2v) is 8.76. The minimum atomic E-state index is -0.0354. The number of amides is 1. The number of aromatic nitrogens is 3. The number of carbonyl (C=O) groups is 1. The fourth-order valence-electron chi connectivity index (χ4n) is 3.23. The first-order chi connectivity index (χ1) is 14.0. The van der Waals surface area contributed by atoms with Crippen LogP contribution in [-0.2, 0) is 17.8 Å². The van der Waals surface area contributed by atoms with Crippen molar-refractivity contribution >= 4 is 29.0 Å². The number of aryl methyl sites for hydroxylation is 1. The van der Waals surface area contributed by atoms with Gasteiger partial charge in [-0.15, -0.1) is 28.1 Å². The van der Waals surface area contributed by atoms with Crippen molar-refractivity contribution < 1.29 is 4.79 Å². The van der Waals surface area contributed by atoms with Crippen molar-refractivity contribution in [3.8, 4) is 11.4 Å². The van der Waals surface area contributed by atoms with E-state index in [1.807, 2.05) is 47.9 Å². The van der Waals surface area contributed by atoms with E-state index in [9.17, 15) is 4.79 Å². The summed E-state index contributed by atoms with van der Waals surface area (Å²) >= 11 is 3.13. The van der Waals surface area contributed by atoms with Gasteiger partial charge >= 0.3 is 0 Å². The predicted molar refractivity (Wildman–Crippen MR) is 121 cm³/mol. The molecule has 0 aliphatic rings. The summed E-state index contributed by atoms with van der Waals surface area (Å²) in [5.41, 5.74) is 3.51. The second-order valence-electron chi connectivity index (χ2n) is 6.73. The molecular weight excluding hydrogens is 400 g/mol. The molecule has 0 aliphatic carbocycles. The van der Waals surface area contributed by atoms with Crippen LogP contribution in [0.5, 0.6) is 0 Å². The van der Waals surface area contributed by atoms with Crippen molar-refractivity contribution in [2.45, 2.75) is 44.9 Å². The van der Waals surface area contributed by atoms with E-state index in [-0.39, 0.29) is 17.7 Å². The van der Waals surface area contributed by atoms with E-state index in [4.69, 9.17) is 0 Å². The number of rotatable bonds is 9. The van der Waals surface area contributed by atoms with Crippen molar-refractivity contribution in [2.75, 3.05) is 5.75 Å². The zero-order chi connectivity index (χ0) is 20.8. The quantitative estimate of drug-likeness (QED) is 0.385. The zero-order valence-electron chi connectivity index (χ0n) is 17.0. The molecule has 0 unspecified atom stereocenters. The Hall–Kier alpha value is -2.38. The van der Waals surface area contributed by atoms with Gasteiger partial charge in [0.15, 0.2) is 11.0 Å². The Balaban J connectivity index is 1.72. The molecule has 7 heteroatoms. The maximum absolute atomic E-state index is 12.4. The molecule has 2 heterocycles. The molecule has 0 radical (unpaired) electrons. The van der Waals surface area contributed by atoms with Crippen molar-refractivity contribution in [1.29, 1.82) is 0 Å². The SMILES string of the molecule is C=CCn1c(SCC(=O)N[C@H](C)c2ccccc2)nnc1-c1csc(C)c1CC. The highest BCUT2D eigenvalue weighted by molar-refractivity contribution is 7.99.